The molecule has 0 radical (unpaired) electrons. The van der Waals surface area contributed by atoms with Gasteiger partial charge in [-0.15, -0.1) is 0 Å². The summed E-state index contributed by atoms with van der Waals surface area (Å²) in [6.45, 7) is 3.54. The third-order valence-electron chi connectivity index (χ3n) is 6.00. The SMILES string of the molecule is O=C(NC(=S)NC1CCN(Cc2ccccc2)CC1)c1cccc(OCCc2ccccc2)c1. The van der Waals surface area contributed by atoms with E-state index >= 15 is 0 Å². The summed E-state index contributed by atoms with van der Waals surface area (Å²) in [4.78, 5) is 15.2. The zero-order valence-electron chi connectivity index (χ0n) is 19.3. The number of nitrogens with one attached hydrogen (secondary N) is 2. The third kappa shape index (κ3) is 7.40. The summed E-state index contributed by atoms with van der Waals surface area (Å²) >= 11 is 5.41. The Hall–Kier alpha value is -3.22. The van der Waals surface area contributed by atoms with Gasteiger partial charge in [-0.25, -0.2) is 0 Å². The molecule has 1 aliphatic rings. The molecule has 0 atom stereocenters. The maximum Gasteiger partial charge on any atom is 0.257 e. The lowest BCUT2D eigenvalue weighted by Crippen LogP contribution is -2.48. The number of hydrogen-bond acceptors (Lipinski definition) is 4. The van der Waals surface area contributed by atoms with Crippen LogP contribution < -0.4 is 15.4 Å². The zero-order valence-corrected chi connectivity index (χ0v) is 20.1. The molecule has 0 aliphatic carbocycles. The lowest BCUT2D eigenvalue weighted by atomic mass is 10.0. The van der Waals surface area contributed by atoms with Crippen LogP contribution in [0.1, 0.15) is 34.3 Å². The molecule has 0 spiro atoms. The Morgan fingerprint density at radius 1 is 0.912 bits per heavy atom. The first-order valence-corrected chi connectivity index (χ1v) is 12.2. The van der Waals surface area contributed by atoms with Crippen LogP contribution in [0.3, 0.4) is 0 Å². The van der Waals surface area contributed by atoms with Crippen LogP contribution in [0.25, 0.3) is 0 Å². The van der Waals surface area contributed by atoms with Gasteiger partial charge in [0.1, 0.15) is 5.75 Å². The summed E-state index contributed by atoms with van der Waals surface area (Å²) in [5.74, 6) is 0.445. The Kier molecular flexibility index (Phi) is 8.65. The molecule has 176 valence electrons. The van der Waals surface area contributed by atoms with E-state index in [1.165, 1.54) is 11.1 Å². The fourth-order valence-corrected chi connectivity index (χ4v) is 4.39. The number of piperidine rings is 1. The minimum Gasteiger partial charge on any atom is -0.493 e. The minimum atomic E-state index is -0.229. The summed E-state index contributed by atoms with van der Waals surface area (Å²) in [6.07, 6.45) is 2.80. The number of amides is 1. The summed E-state index contributed by atoms with van der Waals surface area (Å²) in [7, 11) is 0. The Balaban J connectivity index is 1.19. The smallest absolute Gasteiger partial charge is 0.257 e. The second kappa shape index (κ2) is 12.3. The lowest BCUT2D eigenvalue weighted by molar-refractivity contribution is 0.0975. The summed E-state index contributed by atoms with van der Waals surface area (Å²) in [6, 6.07) is 28.2. The van der Waals surface area contributed by atoms with Gasteiger partial charge in [0.25, 0.3) is 5.91 Å². The van der Waals surface area contributed by atoms with Gasteiger partial charge in [-0.1, -0.05) is 66.7 Å². The first kappa shape index (κ1) is 23.9. The van der Waals surface area contributed by atoms with E-state index < -0.39 is 0 Å². The van der Waals surface area contributed by atoms with Gasteiger partial charge < -0.3 is 10.1 Å². The summed E-state index contributed by atoms with van der Waals surface area (Å²) in [5, 5.41) is 6.51. The summed E-state index contributed by atoms with van der Waals surface area (Å²) < 4.78 is 5.85. The molecular formula is C28H31N3O2S. The Labute approximate surface area is 207 Å². The van der Waals surface area contributed by atoms with E-state index in [9.17, 15) is 4.79 Å². The Bertz CT molecular complexity index is 1070. The van der Waals surface area contributed by atoms with E-state index in [4.69, 9.17) is 17.0 Å². The van der Waals surface area contributed by atoms with E-state index in [2.05, 4.69) is 51.9 Å². The molecular weight excluding hydrogens is 442 g/mol. The largest absolute Gasteiger partial charge is 0.493 e. The number of thiocarbonyl (C=S) groups is 1. The van der Waals surface area contributed by atoms with Gasteiger partial charge in [-0.2, -0.15) is 0 Å². The van der Waals surface area contributed by atoms with Crippen LogP contribution >= 0.6 is 12.2 Å². The number of hydrogen-bond donors (Lipinski definition) is 2. The van der Waals surface area contributed by atoms with Crippen molar-refractivity contribution in [3.63, 3.8) is 0 Å². The van der Waals surface area contributed by atoms with Crippen LogP contribution in [0.2, 0.25) is 0 Å². The van der Waals surface area contributed by atoms with Crippen molar-refractivity contribution in [2.45, 2.75) is 31.8 Å². The second-order valence-corrected chi connectivity index (χ2v) is 8.98. The van der Waals surface area contributed by atoms with E-state index in [-0.39, 0.29) is 11.9 Å². The fourth-order valence-electron chi connectivity index (χ4n) is 4.13. The van der Waals surface area contributed by atoms with Crippen molar-refractivity contribution < 1.29 is 9.53 Å². The van der Waals surface area contributed by atoms with Gasteiger partial charge in [0.15, 0.2) is 5.11 Å². The van der Waals surface area contributed by atoms with Crippen molar-refractivity contribution in [1.82, 2.24) is 15.5 Å². The summed E-state index contributed by atoms with van der Waals surface area (Å²) in [5.41, 5.74) is 3.08. The molecule has 0 saturated carbocycles. The van der Waals surface area contributed by atoms with Gasteiger partial charge in [0, 0.05) is 37.7 Å². The molecule has 1 heterocycles. The highest BCUT2D eigenvalue weighted by atomic mass is 32.1. The van der Waals surface area contributed by atoms with Crippen LogP contribution in [0.4, 0.5) is 0 Å². The van der Waals surface area contributed by atoms with Crippen molar-refractivity contribution in [3.05, 3.63) is 102 Å². The van der Waals surface area contributed by atoms with Crippen LogP contribution in [0, 0.1) is 0 Å². The molecule has 0 bridgehead atoms. The molecule has 1 saturated heterocycles. The predicted molar refractivity (Wildman–Crippen MR) is 140 cm³/mol. The molecule has 6 heteroatoms. The first-order valence-electron chi connectivity index (χ1n) is 11.8. The molecule has 2 N–H and O–H groups in total. The van der Waals surface area contributed by atoms with E-state index in [0.29, 0.717) is 23.0 Å². The number of rotatable bonds is 8. The molecule has 3 aromatic carbocycles. The number of ether oxygens (including phenoxy) is 1. The van der Waals surface area contributed by atoms with Crippen LogP contribution in [0.15, 0.2) is 84.9 Å². The fraction of sp³-hybridized carbons (Fsp3) is 0.286. The van der Waals surface area contributed by atoms with Crippen molar-refractivity contribution >= 4 is 23.2 Å². The van der Waals surface area contributed by atoms with Crippen LogP contribution in [-0.2, 0) is 13.0 Å². The van der Waals surface area contributed by atoms with Crippen molar-refractivity contribution in [1.29, 1.82) is 0 Å². The third-order valence-corrected chi connectivity index (χ3v) is 6.22. The quantitative estimate of drug-likeness (QED) is 0.469. The lowest BCUT2D eigenvalue weighted by Gasteiger charge is -2.32. The number of benzene rings is 3. The topological polar surface area (TPSA) is 53.6 Å². The van der Waals surface area contributed by atoms with Crippen molar-refractivity contribution in [2.75, 3.05) is 19.7 Å². The number of carbonyl (C=O) groups excluding carboxylic acids is 1. The highest BCUT2D eigenvalue weighted by Crippen LogP contribution is 2.15. The molecule has 1 aliphatic heterocycles. The van der Waals surface area contributed by atoms with Gasteiger partial charge in [-0.05, 0) is 54.4 Å². The average molecular weight is 474 g/mol. The monoisotopic (exact) mass is 473 g/mol. The Morgan fingerprint density at radius 2 is 1.59 bits per heavy atom. The molecule has 3 aromatic rings. The molecule has 0 unspecified atom stereocenters. The number of carbonyl (C=O) groups is 1. The van der Waals surface area contributed by atoms with E-state index in [1.807, 2.05) is 36.4 Å². The highest BCUT2D eigenvalue weighted by Gasteiger charge is 2.20. The Morgan fingerprint density at radius 3 is 2.29 bits per heavy atom. The molecule has 4 rings (SSSR count). The average Bonchev–Trinajstić information content (AvgIpc) is 2.87. The maximum atomic E-state index is 12.7. The van der Waals surface area contributed by atoms with Gasteiger partial charge in [0.2, 0.25) is 0 Å². The van der Waals surface area contributed by atoms with Crippen molar-refractivity contribution in [3.8, 4) is 5.75 Å². The number of likely N-dealkylation sites (tertiary alicyclic amines) is 1. The van der Waals surface area contributed by atoms with Gasteiger partial charge in [0.05, 0.1) is 6.61 Å². The van der Waals surface area contributed by atoms with E-state index in [0.717, 1.165) is 38.9 Å². The maximum absolute atomic E-state index is 12.7. The standard InChI is InChI=1S/C28H31N3O2S/c32-27(24-12-7-13-26(20-24)33-19-16-22-8-3-1-4-9-22)30-28(34)29-25-14-17-31(18-15-25)21-23-10-5-2-6-11-23/h1-13,20,25H,14-19,21H2,(H2,29,30,32,34). The van der Waals surface area contributed by atoms with Gasteiger partial charge >= 0.3 is 0 Å². The van der Waals surface area contributed by atoms with E-state index in [1.54, 1.807) is 12.1 Å². The molecule has 34 heavy (non-hydrogen) atoms. The minimum absolute atomic E-state index is 0.229. The zero-order chi connectivity index (χ0) is 23.6. The van der Waals surface area contributed by atoms with Crippen molar-refractivity contribution in [2.24, 2.45) is 0 Å². The molecule has 0 aromatic heterocycles. The van der Waals surface area contributed by atoms with Gasteiger partial charge in [-0.3, -0.25) is 15.0 Å². The number of nitrogens with zero attached hydrogens (tertiary/aromatic N) is 1. The van der Waals surface area contributed by atoms with Crippen LogP contribution in [0.5, 0.6) is 5.75 Å². The normalized spacial score (nSPS) is 14.4. The first-order chi connectivity index (χ1) is 16.7. The molecule has 1 fully saturated rings. The molecule has 1 amide bonds. The second-order valence-electron chi connectivity index (χ2n) is 8.58. The van der Waals surface area contributed by atoms with Crippen LogP contribution in [-0.4, -0.2) is 41.7 Å². The highest BCUT2D eigenvalue weighted by molar-refractivity contribution is 7.80. The predicted octanol–water partition coefficient (Wildman–Crippen LogP) is 4.58. The molecule has 5 nitrogen and oxygen atoms in total.